The van der Waals surface area contributed by atoms with Gasteiger partial charge in [-0.25, -0.2) is 0 Å². The number of pyridine rings is 1. The van der Waals surface area contributed by atoms with Gasteiger partial charge in [0.25, 0.3) is 0 Å². The zero-order chi connectivity index (χ0) is 11.4. The fraction of sp³-hybridized carbons (Fsp3) is 0.333. The van der Waals surface area contributed by atoms with E-state index >= 15 is 0 Å². The number of halogens is 1. The van der Waals surface area contributed by atoms with Crippen molar-refractivity contribution in [2.24, 2.45) is 0 Å². The minimum Gasteiger partial charge on any atom is -0.282 e. The highest BCUT2D eigenvalue weighted by atomic mass is 127. The Morgan fingerprint density at radius 3 is 2.94 bits per heavy atom. The smallest absolute Gasteiger partial charge is 0.0594 e. The van der Waals surface area contributed by atoms with E-state index in [9.17, 15) is 0 Å². The number of hydrogen-bond acceptors (Lipinski definition) is 2. The first-order valence-corrected chi connectivity index (χ1v) is 6.43. The largest absolute Gasteiger partial charge is 0.282 e. The van der Waals surface area contributed by atoms with Crippen molar-refractivity contribution in [3.63, 3.8) is 0 Å². The van der Waals surface area contributed by atoms with Gasteiger partial charge < -0.3 is 0 Å². The van der Waals surface area contributed by atoms with Crippen molar-refractivity contribution >= 4 is 22.6 Å². The molecule has 0 aliphatic carbocycles. The topological polar surface area (TPSA) is 41.6 Å². The summed E-state index contributed by atoms with van der Waals surface area (Å²) in [6.07, 6.45) is 7.06. The molecule has 2 rings (SSSR count). The van der Waals surface area contributed by atoms with Gasteiger partial charge in [-0.15, -0.1) is 0 Å². The van der Waals surface area contributed by atoms with E-state index in [4.69, 9.17) is 0 Å². The molecule has 84 valence electrons. The Bertz CT molecular complexity index is 465. The summed E-state index contributed by atoms with van der Waals surface area (Å²) in [6, 6.07) is 4.21. The second kappa shape index (κ2) is 5.43. The minimum atomic E-state index is 1.05. The second-order valence-corrected chi connectivity index (χ2v) is 5.02. The SMILES string of the molecule is Cc1cc(CCCc2ccncc2I)[nH]n1. The molecule has 0 aromatic carbocycles. The molecule has 2 aromatic heterocycles. The summed E-state index contributed by atoms with van der Waals surface area (Å²) in [6.45, 7) is 2.01. The highest BCUT2D eigenvalue weighted by Crippen LogP contribution is 2.13. The van der Waals surface area contributed by atoms with Gasteiger partial charge in [0.05, 0.1) is 5.69 Å². The van der Waals surface area contributed by atoms with E-state index in [2.05, 4.69) is 49.9 Å². The fourth-order valence-corrected chi connectivity index (χ4v) is 2.29. The van der Waals surface area contributed by atoms with Gasteiger partial charge in [0.2, 0.25) is 0 Å². The molecular weight excluding hydrogens is 313 g/mol. The second-order valence-electron chi connectivity index (χ2n) is 3.86. The number of H-pyrrole nitrogens is 1. The molecule has 0 saturated heterocycles. The first-order chi connectivity index (χ1) is 7.75. The molecule has 0 spiro atoms. The van der Waals surface area contributed by atoms with E-state index in [-0.39, 0.29) is 0 Å². The Morgan fingerprint density at radius 2 is 2.25 bits per heavy atom. The molecule has 0 atom stereocenters. The number of aromatic amines is 1. The summed E-state index contributed by atoms with van der Waals surface area (Å²) in [4.78, 5) is 4.09. The lowest BCUT2D eigenvalue weighted by molar-refractivity contribution is 0.789. The molecule has 0 unspecified atom stereocenters. The van der Waals surface area contributed by atoms with Gasteiger partial charge in [0.15, 0.2) is 0 Å². The Hall–Kier alpha value is -0.910. The van der Waals surface area contributed by atoms with Crippen LogP contribution in [0.15, 0.2) is 24.5 Å². The number of nitrogens with zero attached hydrogens (tertiary/aromatic N) is 2. The van der Waals surface area contributed by atoms with E-state index in [1.807, 2.05) is 19.3 Å². The molecule has 0 aliphatic heterocycles. The number of nitrogens with one attached hydrogen (secondary N) is 1. The summed E-state index contributed by atoms with van der Waals surface area (Å²) in [5.74, 6) is 0. The average molecular weight is 327 g/mol. The number of rotatable bonds is 4. The van der Waals surface area contributed by atoms with Crippen molar-refractivity contribution in [3.8, 4) is 0 Å². The van der Waals surface area contributed by atoms with Crippen LogP contribution in [0.4, 0.5) is 0 Å². The quantitative estimate of drug-likeness (QED) is 0.878. The van der Waals surface area contributed by atoms with Gasteiger partial charge in [0, 0.05) is 21.7 Å². The lowest BCUT2D eigenvalue weighted by atomic mass is 10.1. The maximum atomic E-state index is 4.12. The molecule has 0 saturated carbocycles. The summed E-state index contributed by atoms with van der Waals surface area (Å²) >= 11 is 2.34. The molecule has 0 amide bonds. The standard InChI is InChI=1S/C12H14IN3/c1-9-7-11(16-15-9)4-2-3-10-5-6-14-8-12(10)13/h5-8H,2-4H2,1H3,(H,15,16). The molecular formula is C12H14IN3. The van der Waals surface area contributed by atoms with Gasteiger partial charge in [-0.05, 0) is 66.5 Å². The molecule has 0 fully saturated rings. The Kier molecular flexibility index (Phi) is 3.93. The third kappa shape index (κ3) is 3.04. The number of aryl methyl sites for hydroxylation is 3. The maximum Gasteiger partial charge on any atom is 0.0594 e. The van der Waals surface area contributed by atoms with Crippen LogP contribution in [0.2, 0.25) is 0 Å². The molecule has 0 bridgehead atoms. The number of aromatic nitrogens is 3. The van der Waals surface area contributed by atoms with Crippen LogP contribution in [0.1, 0.15) is 23.4 Å². The zero-order valence-corrected chi connectivity index (χ0v) is 11.4. The van der Waals surface area contributed by atoms with Gasteiger partial charge >= 0.3 is 0 Å². The van der Waals surface area contributed by atoms with Gasteiger partial charge in [0.1, 0.15) is 0 Å². The van der Waals surface area contributed by atoms with Crippen LogP contribution in [0, 0.1) is 10.5 Å². The number of hydrogen-bond donors (Lipinski definition) is 1. The molecule has 0 radical (unpaired) electrons. The summed E-state index contributed by atoms with van der Waals surface area (Å²) in [7, 11) is 0. The van der Waals surface area contributed by atoms with Gasteiger partial charge in [-0.1, -0.05) is 0 Å². The highest BCUT2D eigenvalue weighted by molar-refractivity contribution is 14.1. The lowest BCUT2D eigenvalue weighted by Gasteiger charge is -2.02. The van der Waals surface area contributed by atoms with Crippen molar-refractivity contribution in [1.82, 2.24) is 15.2 Å². The first-order valence-electron chi connectivity index (χ1n) is 5.35. The van der Waals surface area contributed by atoms with E-state index < -0.39 is 0 Å². The van der Waals surface area contributed by atoms with E-state index in [1.165, 1.54) is 14.8 Å². The normalized spacial score (nSPS) is 10.6. The van der Waals surface area contributed by atoms with Crippen LogP contribution in [-0.4, -0.2) is 15.2 Å². The minimum absolute atomic E-state index is 1.05. The van der Waals surface area contributed by atoms with Crippen LogP contribution in [-0.2, 0) is 12.8 Å². The molecule has 1 N–H and O–H groups in total. The maximum absolute atomic E-state index is 4.12. The molecule has 3 nitrogen and oxygen atoms in total. The Labute approximate surface area is 109 Å². The lowest BCUT2D eigenvalue weighted by Crippen LogP contribution is -1.93. The predicted octanol–water partition coefficient (Wildman–Crippen LogP) is 2.89. The van der Waals surface area contributed by atoms with Crippen molar-refractivity contribution < 1.29 is 0 Å². The van der Waals surface area contributed by atoms with Crippen molar-refractivity contribution in [1.29, 1.82) is 0 Å². The van der Waals surface area contributed by atoms with Crippen molar-refractivity contribution in [3.05, 3.63) is 45.0 Å². The Balaban J connectivity index is 1.87. The molecule has 2 aromatic rings. The van der Waals surface area contributed by atoms with Gasteiger partial charge in [-0.3, -0.25) is 10.1 Å². The fourth-order valence-electron chi connectivity index (χ4n) is 1.68. The average Bonchev–Trinajstić information content (AvgIpc) is 2.67. The third-order valence-corrected chi connectivity index (χ3v) is 3.48. The summed E-state index contributed by atoms with van der Waals surface area (Å²) in [5.41, 5.74) is 3.67. The van der Waals surface area contributed by atoms with Crippen LogP contribution in [0.5, 0.6) is 0 Å². The molecule has 16 heavy (non-hydrogen) atoms. The Morgan fingerprint density at radius 1 is 1.38 bits per heavy atom. The van der Waals surface area contributed by atoms with E-state index in [0.29, 0.717) is 0 Å². The molecule has 4 heteroatoms. The highest BCUT2D eigenvalue weighted by Gasteiger charge is 2.01. The summed E-state index contributed by atoms with van der Waals surface area (Å²) < 4.78 is 1.25. The van der Waals surface area contributed by atoms with Crippen molar-refractivity contribution in [2.45, 2.75) is 26.2 Å². The van der Waals surface area contributed by atoms with E-state index in [1.54, 1.807) is 0 Å². The van der Waals surface area contributed by atoms with Gasteiger partial charge in [-0.2, -0.15) is 5.10 Å². The van der Waals surface area contributed by atoms with Crippen LogP contribution < -0.4 is 0 Å². The third-order valence-electron chi connectivity index (χ3n) is 2.51. The zero-order valence-electron chi connectivity index (χ0n) is 9.20. The van der Waals surface area contributed by atoms with Crippen LogP contribution in [0.3, 0.4) is 0 Å². The van der Waals surface area contributed by atoms with Crippen molar-refractivity contribution in [2.75, 3.05) is 0 Å². The predicted molar refractivity (Wildman–Crippen MR) is 72.3 cm³/mol. The summed E-state index contributed by atoms with van der Waals surface area (Å²) in [5, 5.41) is 7.17. The first kappa shape index (κ1) is 11.6. The van der Waals surface area contributed by atoms with Crippen LogP contribution >= 0.6 is 22.6 Å². The van der Waals surface area contributed by atoms with E-state index in [0.717, 1.165) is 25.0 Å². The molecule has 0 aliphatic rings. The monoisotopic (exact) mass is 327 g/mol. The molecule has 2 heterocycles. The van der Waals surface area contributed by atoms with Crippen LogP contribution in [0.25, 0.3) is 0 Å².